The summed E-state index contributed by atoms with van der Waals surface area (Å²) in [7, 11) is 0. The normalized spacial score (nSPS) is 33.9. The van der Waals surface area contributed by atoms with E-state index in [1.54, 1.807) is 0 Å². The molecule has 2 fully saturated rings. The Morgan fingerprint density at radius 3 is 2.43 bits per heavy atom. The minimum Gasteiger partial charge on any atom is -0.356 e. The van der Waals surface area contributed by atoms with Crippen molar-refractivity contribution in [3.05, 3.63) is 0 Å². The van der Waals surface area contributed by atoms with Gasteiger partial charge < -0.3 is 5.32 Å². The van der Waals surface area contributed by atoms with E-state index in [0.717, 1.165) is 19.3 Å². The molecule has 0 aromatic heterocycles. The topological polar surface area (TPSA) is 29.1 Å². The number of nitrogens with one attached hydrogen (secondary N) is 1. The Bertz CT molecular complexity index is 361. The van der Waals surface area contributed by atoms with E-state index in [4.69, 9.17) is 11.6 Å². The fourth-order valence-electron chi connectivity index (χ4n) is 3.69. The molecule has 4 unspecified atom stereocenters. The van der Waals surface area contributed by atoms with Crippen LogP contribution in [0.2, 0.25) is 0 Å². The zero-order valence-electron chi connectivity index (χ0n) is 12.1. The Balaban J connectivity index is 1.80. The van der Waals surface area contributed by atoms with E-state index in [0.29, 0.717) is 37.1 Å². The predicted molar refractivity (Wildman–Crippen MR) is 76.1 cm³/mol. The van der Waals surface area contributed by atoms with Crippen molar-refractivity contribution in [3.63, 3.8) is 0 Å². The van der Waals surface area contributed by atoms with Gasteiger partial charge in [0.1, 0.15) is 0 Å². The molecule has 2 aliphatic rings. The van der Waals surface area contributed by atoms with Crippen LogP contribution in [-0.2, 0) is 4.79 Å². The predicted octanol–water partition coefficient (Wildman–Crippen LogP) is 4.13. The van der Waals surface area contributed by atoms with Crippen molar-refractivity contribution in [3.8, 4) is 0 Å². The second kappa shape index (κ2) is 7.21. The maximum Gasteiger partial charge on any atom is 0.391 e. The fourth-order valence-corrected chi connectivity index (χ4v) is 4.09. The highest BCUT2D eigenvalue weighted by atomic mass is 35.5. The Hall–Kier alpha value is -0.450. The molecule has 2 saturated carbocycles. The third kappa shape index (κ3) is 4.51. The second-order valence-corrected chi connectivity index (χ2v) is 6.76. The smallest absolute Gasteiger partial charge is 0.356 e. The van der Waals surface area contributed by atoms with Gasteiger partial charge in [0, 0.05) is 18.3 Å². The zero-order valence-corrected chi connectivity index (χ0v) is 12.8. The van der Waals surface area contributed by atoms with Crippen LogP contribution < -0.4 is 5.32 Å². The van der Waals surface area contributed by atoms with Gasteiger partial charge >= 0.3 is 6.18 Å². The first-order chi connectivity index (χ1) is 9.91. The summed E-state index contributed by atoms with van der Waals surface area (Å²) in [6.45, 7) is 0.559. The van der Waals surface area contributed by atoms with Gasteiger partial charge in [-0.1, -0.05) is 12.8 Å². The number of carbonyl (C=O) groups is 1. The van der Waals surface area contributed by atoms with E-state index in [1.165, 1.54) is 0 Å². The van der Waals surface area contributed by atoms with Crippen LogP contribution in [0.15, 0.2) is 0 Å². The number of carbonyl (C=O) groups excluding carboxylic acids is 1. The Morgan fingerprint density at radius 2 is 1.76 bits per heavy atom. The molecule has 2 rings (SSSR count). The maximum atomic E-state index is 12.8. The molecular formula is C15H23ClF3NO. The molecular weight excluding hydrogens is 303 g/mol. The molecule has 1 N–H and O–H groups in total. The molecule has 0 spiro atoms. The summed E-state index contributed by atoms with van der Waals surface area (Å²) in [6.07, 6.45) is 0.240. The summed E-state index contributed by atoms with van der Waals surface area (Å²) in [5.41, 5.74) is 0. The first kappa shape index (κ1) is 16.9. The van der Waals surface area contributed by atoms with Crippen LogP contribution in [0.4, 0.5) is 13.2 Å². The Kier molecular flexibility index (Phi) is 5.81. The summed E-state index contributed by atoms with van der Waals surface area (Å²) in [6, 6.07) is 0. The lowest BCUT2D eigenvalue weighted by molar-refractivity contribution is -0.186. The molecule has 0 heterocycles. The van der Waals surface area contributed by atoms with Crippen molar-refractivity contribution < 1.29 is 18.0 Å². The van der Waals surface area contributed by atoms with Crippen LogP contribution in [0.5, 0.6) is 0 Å². The quantitative estimate of drug-likeness (QED) is 0.774. The third-order valence-corrected chi connectivity index (χ3v) is 5.46. The SMILES string of the molecule is O=C(NCC1CCCC1CCl)C1CCCC(C(F)(F)F)C1. The minimum atomic E-state index is -4.17. The van der Waals surface area contributed by atoms with E-state index in [-0.39, 0.29) is 18.7 Å². The largest absolute Gasteiger partial charge is 0.391 e. The minimum absolute atomic E-state index is 0.0566. The molecule has 4 atom stereocenters. The second-order valence-electron chi connectivity index (χ2n) is 6.45. The van der Waals surface area contributed by atoms with Gasteiger partial charge in [0.2, 0.25) is 5.91 Å². The molecule has 0 aromatic carbocycles. The van der Waals surface area contributed by atoms with E-state index in [9.17, 15) is 18.0 Å². The highest BCUT2D eigenvalue weighted by Gasteiger charge is 2.43. The summed E-state index contributed by atoms with van der Waals surface area (Å²) < 4.78 is 38.3. The number of alkyl halides is 4. The van der Waals surface area contributed by atoms with Crippen molar-refractivity contribution in [1.29, 1.82) is 0 Å². The Morgan fingerprint density at radius 1 is 1.10 bits per heavy atom. The molecule has 6 heteroatoms. The molecule has 2 aliphatic carbocycles. The molecule has 1 amide bonds. The van der Waals surface area contributed by atoms with Crippen LogP contribution in [-0.4, -0.2) is 24.5 Å². The lowest BCUT2D eigenvalue weighted by Gasteiger charge is -2.30. The highest BCUT2D eigenvalue weighted by Crippen LogP contribution is 2.40. The van der Waals surface area contributed by atoms with Crippen molar-refractivity contribution in [2.24, 2.45) is 23.7 Å². The first-order valence-electron chi connectivity index (χ1n) is 7.82. The van der Waals surface area contributed by atoms with Crippen LogP contribution in [0.3, 0.4) is 0 Å². The molecule has 0 aromatic rings. The van der Waals surface area contributed by atoms with Gasteiger partial charge in [-0.3, -0.25) is 4.79 Å². The molecule has 2 nitrogen and oxygen atoms in total. The molecule has 122 valence electrons. The average molecular weight is 326 g/mol. The number of hydrogen-bond donors (Lipinski definition) is 1. The lowest BCUT2D eigenvalue weighted by atomic mass is 9.80. The number of halogens is 4. The summed E-state index contributed by atoms with van der Waals surface area (Å²) in [5, 5.41) is 2.87. The third-order valence-electron chi connectivity index (χ3n) is 5.06. The number of hydrogen-bond acceptors (Lipinski definition) is 1. The van der Waals surface area contributed by atoms with Gasteiger partial charge in [0.25, 0.3) is 0 Å². The van der Waals surface area contributed by atoms with Gasteiger partial charge in [-0.2, -0.15) is 13.2 Å². The summed E-state index contributed by atoms with van der Waals surface area (Å²) in [4.78, 5) is 12.1. The van der Waals surface area contributed by atoms with Crippen LogP contribution in [0, 0.1) is 23.7 Å². The highest BCUT2D eigenvalue weighted by molar-refractivity contribution is 6.18. The van der Waals surface area contributed by atoms with Crippen molar-refractivity contribution >= 4 is 17.5 Å². The van der Waals surface area contributed by atoms with E-state index in [2.05, 4.69) is 5.32 Å². The summed E-state index contributed by atoms with van der Waals surface area (Å²) >= 11 is 5.90. The van der Waals surface area contributed by atoms with E-state index < -0.39 is 18.0 Å². The fraction of sp³-hybridized carbons (Fsp3) is 0.933. The average Bonchev–Trinajstić information content (AvgIpc) is 2.91. The van der Waals surface area contributed by atoms with Crippen LogP contribution >= 0.6 is 11.6 Å². The Labute approximate surface area is 128 Å². The monoisotopic (exact) mass is 325 g/mol. The van der Waals surface area contributed by atoms with Crippen molar-refractivity contribution in [2.45, 2.75) is 51.1 Å². The molecule has 0 aliphatic heterocycles. The summed E-state index contributed by atoms with van der Waals surface area (Å²) in [5.74, 6) is -0.593. The molecule has 0 saturated heterocycles. The van der Waals surface area contributed by atoms with Crippen molar-refractivity contribution in [2.75, 3.05) is 12.4 Å². The molecule has 0 bridgehead atoms. The van der Waals surface area contributed by atoms with Crippen LogP contribution in [0.25, 0.3) is 0 Å². The van der Waals surface area contributed by atoms with E-state index in [1.807, 2.05) is 0 Å². The molecule has 0 radical (unpaired) electrons. The lowest BCUT2D eigenvalue weighted by Crippen LogP contribution is -2.39. The first-order valence-corrected chi connectivity index (χ1v) is 8.35. The van der Waals surface area contributed by atoms with Gasteiger partial charge in [-0.05, 0) is 43.9 Å². The maximum absolute atomic E-state index is 12.8. The zero-order chi connectivity index (χ0) is 15.5. The number of rotatable bonds is 4. The van der Waals surface area contributed by atoms with Crippen molar-refractivity contribution in [1.82, 2.24) is 5.32 Å². The van der Waals surface area contributed by atoms with Gasteiger partial charge in [-0.15, -0.1) is 11.6 Å². The van der Waals surface area contributed by atoms with E-state index >= 15 is 0 Å². The molecule has 21 heavy (non-hydrogen) atoms. The standard InChI is InChI=1S/C15H23ClF3NO/c16-8-11-4-1-5-12(11)9-20-14(21)10-3-2-6-13(7-10)15(17,18)19/h10-13H,1-9H2,(H,20,21). The van der Waals surface area contributed by atoms with Crippen LogP contribution in [0.1, 0.15) is 44.9 Å². The number of amides is 1. The van der Waals surface area contributed by atoms with Gasteiger partial charge in [0.15, 0.2) is 0 Å². The van der Waals surface area contributed by atoms with Gasteiger partial charge in [-0.25, -0.2) is 0 Å². The van der Waals surface area contributed by atoms with Gasteiger partial charge in [0.05, 0.1) is 5.92 Å².